The van der Waals surface area contributed by atoms with E-state index in [4.69, 9.17) is 9.84 Å². The van der Waals surface area contributed by atoms with Crippen LogP contribution in [0.3, 0.4) is 0 Å². The first-order chi connectivity index (χ1) is 6.63. The number of rotatable bonds is 9. The summed E-state index contributed by atoms with van der Waals surface area (Å²) in [4.78, 5) is 23.5. The maximum atomic E-state index is 9.95. The molecule has 0 rings (SSSR count). The van der Waals surface area contributed by atoms with E-state index in [1.807, 2.05) is 0 Å². The Morgan fingerprint density at radius 1 is 1.21 bits per heavy atom. The number of carboxylic acid groups (broad SMARTS) is 1. The Balaban J connectivity index is 2.99. The van der Waals surface area contributed by atoms with Gasteiger partial charge in [-0.1, -0.05) is 0 Å². The first-order valence-electron chi connectivity index (χ1n) is 3.77. The molecule has 0 unspecified atom stereocenters. The van der Waals surface area contributed by atoms with Gasteiger partial charge in [0.15, 0.2) is 0 Å². The van der Waals surface area contributed by atoms with E-state index in [9.17, 15) is 14.9 Å². The molecule has 0 aromatic heterocycles. The second-order valence-electron chi connectivity index (χ2n) is 2.12. The predicted octanol–water partition coefficient (Wildman–Crippen LogP) is -0.688. The molecular weight excluding hydrogens is 198 g/mol. The van der Waals surface area contributed by atoms with Crippen LogP contribution in [0.1, 0.15) is 0 Å². The normalized spacial score (nSPS) is 9.71. The summed E-state index contributed by atoms with van der Waals surface area (Å²) >= 11 is 0. The fourth-order valence-corrected chi connectivity index (χ4v) is 0.550. The van der Waals surface area contributed by atoms with Crippen molar-refractivity contribution in [2.24, 2.45) is 0 Å². The van der Waals surface area contributed by atoms with Crippen LogP contribution >= 0.6 is 0 Å². The van der Waals surface area contributed by atoms with Crippen molar-refractivity contribution in [3.05, 3.63) is 10.1 Å². The fourth-order valence-electron chi connectivity index (χ4n) is 0.550. The molecule has 0 aromatic carbocycles. The smallest absolute Gasteiger partial charge is 0.329 e. The molecule has 1 N–H and O–H groups in total. The van der Waals surface area contributed by atoms with Gasteiger partial charge in [0.05, 0.1) is 19.8 Å². The van der Waals surface area contributed by atoms with E-state index in [1.165, 1.54) is 0 Å². The molecule has 8 nitrogen and oxygen atoms in total. The van der Waals surface area contributed by atoms with Gasteiger partial charge in [-0.3, -0.25) is 0 Å². The molecule has 0 spiro atoms. The minimum Gasteiger partial charge on any atom is -0.480 e. The SMILES string of the molecule is O=C(O)COCCOCCO[N+](=O)[O-]. The monoisotopic (exact) mass is 209 g/mol. The number of nitrogens with zero attached hydrogens (tertiary/aromatic N) is 1. The second-order valence-corrected chi connectivity index (χ2v) is 2.12. The maximum absolute atomic E-state index is 9.95. The highest BCUT2D eigenvalue weighted by Crippen LogP contribution is 1.81. The average Bonchev–Trinajstić information content (AvgIpc) is 2.08. The Kier molecular flexibility index (Phi) is 7.37. The molecule has 0 heterocycles. The molecule has 0 radical (unpaired) electrons. The van der Waals surface area contributed by atoms with Crippen LogP contribution in [0, 0.1) is 10.1 Å². The van der Waals surface area contributed by atoms with Crippen LogP contribution in [-0.2, 0) is 19.1 Å². The zero-order chi connectivity index (χ0) is 10.8. The van der Waals surface area contributed by atoms with Gasteiger partial charge in [-0.15, -0.1) is 10.1 Å². The standard InChI is InChI=1S/C6H11NO7/c8-6(9)5-13-2-1-12-3-4-14-7(10)11/h1-5H2,(H,8,9). The topological polar surface area (TPSA) is 108 Å². The van der Waals surface area contributed by atoms with Gasteiger partial charge in [-0.25, -0.2) is 4.79 Å². The molecular formula is C6H11NO7. The van der Waals surface area contributed by atoms with Crippen LogP contribution in [0.25, 0.3) is 0 Å². The largest absolute Gasteiger partial charge is 0.480 e. The maximum Gasteiger partial charge on any atom is 0.329 e. The molecule has 8 heteroatoms. The number of carbonyl (C=O) groups is 1. The number of hydrogen-bond acceptors (Lipinski definition) is 6. The van der Waals surface area contributed by atoms with E-state index in [-0.39, 0.29) is 33.0 Å². The zero-order valence-corrected chi connectivity index (χ0v) is 7.38. The molecule has 14 heavy (non-hydrogen) atoms. The van der Waals surface area contributed by atoms with Gasteiger partial charge in [0.25, 0.3) is 5.09 Å². The van der Waals surface area contributed by atoms with E-state index >= 15 is 0 Å². The lowest BCUT2D eigenvalue weighted by Crippen LogP contribution is -2.14. The van der Waals surface area contributed by atoms with Crippen molar-refractivity contribution in [3.8, 4) is 0 Å². The third kappa shape index (κ3) is 10.6. The van der Waals surface area contributed by atoms with Gasteiger partial charge >= 0.3 is 5.97 Å². The van der Waals surface area contributed by atoms with Crippen LogP contribution in [0.2, 0.25) is 0 Å². The van der Waals surface area contributed by atoms with E-state index in [2.05, 4.69) is 9.57 Å². The summed E-state index contributed by atoms with van der Waals surface area (Å²) in [5, 5.41) is 16.9. The number of hydrogen-bond donors (Lipinski definition) is 1. The van der Waals surface area contributed by atoms with Crippen LogP contribution in [0.5, 0.6) is 0 Å². The van der Waals surface area contributed by atoms with Crippen molar-refractivity contribution in [1.82, 2.24) is 0 Å². The lowest BCUT2D eigenvalue weighted by molar-refractivity contribution is -0.758. The first-order valence-corrected chi connectivity index (χ1v) is 3.77. The average molecular weight is 209 g/mol. The Hall–Kier alpha value is -1.41. The highest BCUT2D eigenvalue weighted by atomic mass is 17.0. The van der Waals surface area contributed by atoms with Crippen molar-refractivity contribution < 1.29 is 29.3 Å². The molecule has 0 amide bonds. The van der Waals surface area contributed by atoms with E-state index in [1.54, 1.807) is 0 Å². The quantitative estimate of drug-likeness (QED) is 0.304. The van der Waals surface area contributed by atoms with Gasteiger partial charge in [0.1, 0.15) is 13.2 Å². The highest BCUT2D eigenvalue weighted by molar-refractivity contribution is 5.67. The van der Waals surface area contributed by atoms with E-state index in [0.29, 0.717) is 0 Å². The van der Waals surface area contributed by atoms with Crippen LogP contribution in [0.15, 0.2) is 0 Å². The Bertz CT molecular complexity index is 163. The number of aliphatic carboxylic acids is 1. The predicted molar refractivity (Wildman–Crippen MR) is 42.2 cm³/mol. The van der Waals surface area contributed by atoms with Gasteiger partial charge in [0, 0.05) is 0 Å². The van der Waals surface area contributed by atoms with Gasteiger partial charge in [-0.05, 0) is 0 Å². The van der Waals surface area contributed by atoms with Crippen LogP contribution < -0.4 is 0 Å². The van der Waals surface area contributed by atoms with Gasteiger partial charge < -0.3 is 19.4 Å². The van der Waals surface area contributed by atoms with Gasteiger partial charge in [-0.2, -0.15) is 0 Å². The fraction of sp³-hybridized carbons (Fsp3) is 0.833. The lowest BCUT2D eigenvalue weighted by Gasteiger charge is -2.02. The van der Waals surface area contributed by atoms with E-state index in [0.717, 1.165) is 0 Å². The van der Waals surface area contributed by atoms with Crippen molar-refractivity contribution in [3.63, 3.8) is 0 Å². The highest BCUT2D eigenvalue weighted by Gasteiger charge is 1.96. The summed E-state index contributed by atoms with van der Waals surface area (Å²) in [6.07, 6.45) is 0. The van der Waals surface area contributed by atoms with Gasteiger partial charge in [0.2, 0.25) is 0 Å². The summed E-state index contributed by atoms with van der Waals surface area (Å²) in [6.45, 7) is -0.156. The molecule has 0 bridgehead atoms. The number of carboxylic acids is 1. The van der Waals surface area contributed by atoms with E-state index < -0.39 is 11.1 Å². The summed E-state index contributed by atoms with van der Waals surface area (Å²) in [5.41, 5.74) is 0. The molecule has 0 aliphatic rings. The molecule has 0 aliphatic heterocycles. The summed E-state index contributed by atoms with van der Waals surface area (Å²) in [7, 11) is 0. The Morgan fingerprint density at radius 2 is 1.79 bits per heavy atom. The van der Waals surface area contributed by atoms with Crippen molar-refractivity contribution >= 4 is 5.97 Å². The molecule has 0 fully saturated rings. The Morgan fingerprint density at radius 3 is 2.36 bits per heavy atom. The molecule has 0 aliphatic carbocycles. The zero-order valence-electron chi connectivity index (χ0n) is 7.38. The second kappa shape index (κ2) is 8.20. The number of ether oxygens (including phenoxy) is 2. The summed E-state index contributed by atoms with van der Waals surface area (Å²) in [6, 6.07) is 0. The molecule has 0 atom stereocenters. The lowest BCUT2D eigenvalue weighted by atomic mass is 10.7. The van der Waals surface area contributed by atoms with Crippen LogP contribution in [-0.4, -0.2) is 49.2 Å². The molecule has 82 valence electrons. The van der Waals surface area contributed by atoms with Crippen LogP contribution in [0.4, 0.5) is 0 Å². The minimum absolute atomic E-state index is 0.0669. The molecule has 0 aromatic rings. The third-order valence-corrected chi connectivity index (χ3v) is 1.02. The third-order valence-electron chi connectivity index (χ3n) is 1.02. The van der Waals surface area contributed by atoms with Crippen molar-refractivity contribution in [2.45, 2.75) is 0 Å². The first kappa shape index (κ1) is 12.6. The van der Waals surface area contributed by atoms with Crippen molar-refractivity contribution in [2.75, 3.05) is 33.0 Å². The summed E-state index contributed by atoms with van der Waals surface area (Å²) in [5.74, 6) is -1.05. The summed E-state index contributed by atoms with van der Waals surface area (Å²) < 4.78 is 9.44. The van der Waals surface area contributed by atoms with Crippen molar-refractivity contribution in [1.29, 1.82) is 0 Å². The Labute approximate surface area is 79.5 Å². The molecule has 0 saturated heterocycles. The molecule has 0 saturated carbocycles. The minimum atomic E-state index is -1.05.